The van der Waals surface area contributed by atoms with Gasteiger partial charge in [-0.15, -0.1) is 11.3 Å². The molecule has 0 spiro atoms. The maximum Gasteiger partial charge on any atom is 0.161 e. The van der Waals surface area contributed by atoms with Gasteiger partial charge < -0.3 is 10.3 Å². The fourth-order valence-electron chi connectivity index (χ4n) is 4.66. The van der Waals surface area contributed by atoms with Crippen molar-refractivity contribution in [2.45, 2.75) is 27.2 Å². The van der Waals surface area contributed by atoms with Crippen LogP contribution in [0.25, 0.3) is 55.2 Å². The van der Waals surface area contributed by atoms with E-state index in [2.05, 4.69) is 69.9 Å². The van der Waals surface area contributed by atoms with Gasteiger partial charge in [-0.25, -0.2) is 9.37 Å². The Morgan fingerprint density at radius 1 is 1.11 bits per heavy atom. The van der Waals surface area contributed by atoms with Gasteiger partial charge in [0.1, 0.15) is 11.4 Å². The number of nitrogens with one attached hydrogen (secondary N) is 3. The second kappa shape index (κ2) is 9.50. The number of aromatic nitrogens is 6. The summed E-state index contributed by atoms with van der Waals surface area (Å²) in [6, 6.07) is 12.0. The van der Waals surface area contributed by atoms with Gasteiger partial charge in [0.2, 0.25) is 0 Å². The van der Waals surface area contributed by atoms with E-state index in [1.165, 1.54) is 4.88 Å². The number of thiophene rings is 1. The Morgan fingerprint density at radius 2 is 1.97 bits per heavy atom. The van der Waals surface area contributed by atoms with Crippen LogP contribution in [0.2, 0.25) is 0 Å². The molecule has 3 N–H and O–H groups in total. The minimum Gasteiger partial charge on any atom is -0.358 e. The van der Waals surface area contributed by atoms with Gasteiger partial charge >= 0.3 is 0 Å². The molecule has 0 radical (unpaired) electrons. The summed E-state index contributed by atoms with van der Waals surface area (Å²) < 4.78 is 16.1. The summed E-state index contributed by atoms with van der Waals surface area (Å²) >= 11 is 1.71. The van der Waals surface area contributed by atoms with Crippen molar-refractivity contribution >= 4 is 39.0 Å². The number of aromatic amines is 2. The fraction of sp³-hybridized carbons (Fsp3) is 0.172. The Kier molecular flexibility index (Phi) is 6.00. The zero-order valence-electron chi connectivity index (χ0n) is 21.3. The van der Waals surface area contributed by atoms with Crippen LogP contribution in [-0.4, -0.2) is 30.1 Å². The van der Waals surface area contributed by atoms with Crippen LogP contribution in [0.4, 0.5) is 10.1 Å². The molecule has 38 heavy (non-hydrogen) atoms. The van der Waals surface area contributed by atoms with Gasteiger partial charge in [0.05, 0.1) is 40.0 Å². The molecule has 0 aliphatic heterocycles. The van der Waals surface area contributed by atoms with E-state index in [0.29, 0.717) is 33.9 Å². The predicted octanol–water partition coefficient (Wildman–Crippen LogP) is 7.71. The summed E-state index contributed by atoms with van der Waals surface area (Å²) in [5.74, 6) is 0.471. The summed E-state index contributed by atoms with van der Waals surface area (Å²) in [7, 11) is 0. The van der Waals surface area contributed by atoms with Gasteiger partial charge in [-0.05, 0) is 43.5 Å². The molecule has 0 unspecified atom stereocenters. The Bertz CT molecular complexity index is 1810. The van der Waals surface area contributed by atoms with E-state index in [1.54, 1.807) is 29.9 Å². The molecule has 7 nitrogen and oxygen atoms in total. The van der Waals surface area contributed by atoms with E-state index in [9.17, 15) is 0 Å². The molecule has 0 atom stereocenters. The highest BCUT2D eigenvalue weighted by Crippen LogP contribution is 2.36. The second-order valence-corrected chi connectivity index (χ2v) is 11.1. The number of rotatable bonds is 7. The molecule has 190 valence electrons. The number of benzene rings is 1. The average molecular weight is 524 g/mol. The summed E-state index contributed by atoms with van der Waals surface area (Å²) in [5, 5.41) is 10.9. The minimum atomic E-state index is -0.485. The van der Waals surface area contributed by atoms with Crippen LogP contribution < -0.4 is 5.32 Å². The Balaban J connectivity index is 1.42. The van der Waals surface area contributed by atoms with Gasteiger partial charge in [-0.3, -0.25) is 15.1 Å². The fourth-order valence-corrected chi connectivity index (χ4v) is 5.55. The Hall–Kier alpha value is -4.37. The average Bonchev–Trinajstić information content (AvgIpc) is 3.61. The van der Waals surface area contributed by atoms with E-state index in [0.717, 1.165) is 39.3 Å². The first-order valence-corrected chi connectivity index (χ1v) is 13.2. The molecule has 0 aliphatic rings. The smallest absolute Gasteiger partial charge is 0.161 e. The molecule has 9 heteroatoms. The van der Waals surface area contributed by atoms with Crippen LogP contribution in [0.1, 0.15) is 25.1 Å². The standard InChI is InChI=1S/C29H26FN7S/c1-15(2)10-16(3)33-19-11-18(12-31-13-19)26-25(30)24-22(14-32-26)36-37-28(24)29-34-21-7-5-6-20(27(21)35-29)23-9-8-17(4)38-23/h5-9,11-15,33H,3,10H2,1-2,4H3,(H,34,35)(H,36,37). The van der Waals surface area contributed by atoms with Crippen LogP contribution in [0, 0.1) is 18.7 Å². The first-order chi connectivity index (χ1) is 18.4. The predicted molar refractivity (Wildman–Crippen MR) is 152 cm³/mol. The van der Waals surface area contributed by atoms with E-state index in [4.69, 9.17) is 4.98 Å². The zero-order valence-corrected chi connectivity index (χ0v) is 22.1. The van der Waals surface area contributed by atoms with E-state index < -0.39 is 5.82 Å². The molecule has 0 aliphatic carbocycles. The van der Waals surface area contributed by atoms with Crippen molar-refractivity contribution in [3.8, 4) is 33.2 Å². The van der Waals surface area contributed by atoms with Gasteiger partial charge in [0.25, 0.3) is 0 Å². The first-order valence-electron chi connectivity index (χ1n) is 12.4. The van der Waals surface area contributed by atoms with Crippen molar-refractivity contribution in [3.63, 3.8) is 0 Å². The molecule has 5 aromatic heterocycles. The highest BCUT2D eigenvalue weighted by Gasteiger charge is 2.21. The number of para-hydroxylation sites is 1. The van der Waals surface area contributed by atoms with Crippen molar-refractivity contribution in [1.29, 1.82) is 0 Å². The molecule has 6 rings (SSSR count). The molecule has 0 amide bonds. The number of anilines is 1. The van der Waals surface area contributed by atoms with Crippen LogP contribution in [0.3, 0.4) is 0 Å². The second-order valence-electron chi connectivity index (χ2n) is 9.77. The SMILES string of the molecule is C=C(CC(C)C)Nc1cncc(-c2ncc3[nH]nc(-c4nc5c(-c6ccc(C)s6)cccc5[nH]4)c3c2F)c1. The van der Waals surface area contributed by atoms with Crippen molar-refractivity contribution in [3.05, 3.63) is 78.0 Å². The molecular weight excluding hydrogens is 497 g/mol. The number of fused-ring (bicyclic) bond motifs is 2. The van der Waals surface area contributed by atoms with Gasteiger partial charge in [0, 0.05) is 32.8 Å². The zero-order chi connectivity index (χ0) is 26.4. The van der Waals surface area contributed by atoms with Gasteiger partial charge in [-0.2, -0.15) is 5.10 Å². The van der Waals surface area contributed by atoms with E-state index in [-0.39, 0.29) is 5.69 Å². The number of nitrogens with zero attached hydrogens (tertiary/aromatic N) is 4. The number of hydrogen-bond acceptors (Lipinski definition) is 6. The number of halogens is 1. The lowest BCUT2D eigenvalue weighted by Gasteiger charge is -2.12. The highest BCUT2D eigenvalue weighted by atomic mass is 32.1. The van der Waals surface area contributed by atoms with Crippen molar-refractivity contribution in [2.24, 2.45) is 5.92 Å². The molecule has 0 fully saturated rings. The summed E-state index contributed by atoms with van der Waals surface area (Å²) in [5.41, 5.74) is 5.95. The number of aryl methyl sites for hydroxylation is 1. The summed E-state index contributed by atoms with van der Waals surface area (Å²) in [6.45, 7) is 10.4. The van der Waals surface area contributed by atoms with Gasteiger partial charge in [0.15, 0.2) is 11.6 Å². The monoisotopic (exact) mass is 523 g/mol. The molecule has 6 aromatic rings. The minimum absolute atomic E-state index is 0.191. The number of imidazole rings is 1. The molecular formula is C29H26FN7S. The highest BCUT2D eigenvalue weighted by molar-refractivity contribution is 7.15. The van der Waals surface area contributed by atoms with Crippen LogP contribution in [-0.2, 0) is 0 Å². The van der Waals surface area contributed by atoms with Crippen molar-refractivity contribution in [1.82, 2.24) is 30.1 Å². The molecule has 0 saturated carbocycles. The maximum absolute atomic E-state index is 16.1. The lowest BCUT2D eigenvalue weighted by atomic mass is 10.1. The van der Waals surface area contributed by atoms with Crippen molar-refractivity contribution < 1.29 is 4.39 Å². The third-order valence-electron chi connectivity index (χ3n) is 6.27. The number of H-pyrrole nitrogens is 2. The lowest BCUT2D eigenvalue weighted by Crippen LogP contribution is -2.02. The summed E-state index contributed by atoms with van der Waals surface area (Å²) in [6.07, 6.45) is 5.71. The quantitative estimate of drug-likeness (QED) is 0.199. The van der Waals surface area contributed by atoms with Crippen LogP contribution in [0.5, 0.6) is 0 Å². The molecule has 5 heterocycles. The van der Waals surface area contributed by atoms with Crippen LogP contribution in [0.15, 0.2) is 67.3 Å². The van der Waals surface area contributed by atoms with E-state index >= 15 is 4.39 Å². The number of allylic oxidation sites excluding steroid dienone is 1. The number of pyridine rings is 2. The third kappa shape index (κ3) is 4.35. The van der Waals surface area contributed by atoms with Crippen LogP contribution >= 0.6 is 11.3 Å². The topological polar surface area (TPSA) is 95.2 Å². The van der Waals surface area contributed by atoms with E-state index in [1.807, 2.05) is 24.3 Å². The van der Waals surface area contributed by atoms with Gasteiger partial charge in [-0.1, -0.05) is 32.6 Å². The molecule has 1 aromatic carbocycles. The maximum atomic E-state index is 16.1. The van der Waals surface area contributed by atoms with Crippen molar-refractivity contribution in [2.75, 3.05) is 5.32 Å². The first kappa shape index (κ1) is 24.0. The normalized spacial score (nSPS) is 11.6. The Morgan fingerprint density at radius 3 is 2.76 bits per heavy atom. The number of hydrogen-bond donors (Lipinski definition) is 3. The summed E-state index contributed by atoms with van der Waals surface area (Å²) in [4.78, 5) is 19.2. The third-order valence-corrected chi connectivity index (χ3v) is 7.31. The molecule has 0 saturated heterocycles. The lowest BCUT2D eigenvalue weighted by molar-refractivity contribution is 0.638. The largest absolute Gasteiger partial charge is 0.358 e. The molecule has 0 bridgehead atoms. The Labute approximate surface area is 222 Å².